The van der Waals surface area contributed by atoms with Crippen LogP contribution >= 0.6 is 11.6 Å². The van der Waals surface area contributed by atoms with Gasteiger partial charge >= 0.3 is 0 Å². The second-order valence-corrected chi connectivity index (χ2v) is 9.56. The minimum Gasteiger partial charge on any atom is -0.492 e. The van der Waals surface area contributed by atoms with Crippen LogP contribution in [0.5, 0.6) is 5.75 Å². The fourth-order valence-electron chi connectivity index (χ4n) is 4.58. The molecule has 1 saturated carbocycles. The van der Waals surface area contributed by atoms with Gasteiger partial charge in [0.05, 0.1) is 11.6 Å². The van der Waals surface area contributed by atoms with Gasteiger partial charge in [-0.1, -0.05) is 89.3 Å². The molecule has 170 valence electrons. The summed E-state index contributed by atoms with van der Waals surface area (Å²) in [4.78, 5) is 9.26. The SMILES string of the molecule is CCCCCC1CCC(CCc2ncc(-c3ccc(OCCCC)c(Cl)c3)cn2)CC1. The molecule has 3 rings (SSSR count). The first-order valence-electron chi connectivity index (χ1n) is 12.4. The lowest BCUT2D eigenvalue weighted by Gasteiger charge is -2.28. The first kappa shape index (κ1) is 24.0. The summed E-state index contributed by atoms with van der Waals surface area (Å²) in [6, 6.07) is 5.92. The van der Waals surface area contributed by atoms with Crippen LogP contribution in [-0.2, 0) is 6.42 Å². The van der Waals surface area contributed by atoms with Crippen molar-refractivity contribution in [2.45, 2.75) is 90.9 Å². The smallest absolute Gasteiger partial charge is 0.137 e. The van der Waals surface area contributed by atoms with E-state index >= 15 is 0 Å². The lowest BCUT2D eigenvalue weighted by molar-refractivity contribution is 0.248. The summed E-state index contributed by atoms with van der Waals surface area (Å²) in [5.74, 6) is 3.54. The predicted molar refractivity (Wildman–Crippen MR) is 131 cm³/mol. The molecular formula is C27H39ClN2O. The summed E-state index contributed by atoms with van der Waals surface area (Å²) in [6.07, 6.45) is 19.4. The Kier molecular flexibility index (Phi) is 10.1. The number of rotatable bonds is 12. The van der Waals surface area contributed by atoms with Crippen molar-refractivity contribution in [2.75, 3.05) is 6.61 Å². The van der Waals surface area contributed by atoms with Crippen LogP contribution in [-0.4, -0.2) is 16.6 Å². The highest BCUT2D eigenvalue weighted by molar-refractivity contribution is 6.32. The third-order valence-corrected chi connectivity index (χ3v) is 6.98. The predicted octanol–water partition coefficient (Wildman–Crippen LogP) is 8.30. The van der Waals surface area contributed by atoms with Gasteiger partial charge in [-0.05, 0) is 42.4 Å². The molecule has 1 aromatic carbocycles. The molecule has 0 N–H and O–H groups in total. The molecule has 0 bridgehead atoms. The van der Waals surface area contributed by atoms with E-state index in [1.165, 1.54) is 57.8 Å². The van der Waals surface area contributed by atoms with Crippen molar-refractivity contribution in [3.8, 4) is 16.9 Å². The Labute approximate surface area is 194 Å². The minimum atomic E-state index is 0.642. The average Bonchev–Trinajstić information content (AvgIpc) is 2.80. The highest BCUT2D eigenvalue weighted by Gasteiger charge is 2.21. The molecule has 1 aliphatic rings. The molecule has 2 aromatic rings. The zero-order chi connectivity index (χ0) is 21.9. The van der Waals surface area contributed by atoms with Crippen LogP contribution < -0.4 is 4.74 Å². The summed E-state index contributed by atoms with van der Waals surface area (Å²) in [7, 11) is 0. The number of ether oxygens (including phenoxy) is 1. The lowest BCUT2D eigenvalue weighted by Crippen LogP contribution is -2.15. The van der Waals surface area contributed by atoms with Gasteiger partial charge in [0.2, 0.25) is 0 Å². The number of benzene rings is 1. The van der Waals surface area contributed by atoms with E-state index in [1.807, 2.05) is 30.6 Å². The molecule has 0 amide bonds. The van der Waals surface area contributed by atoms with Gasteiger partial charge in [0.25, 0.3) is 0 Å². The lowest BCUT2D eigenvalue weighted by atomic mass is 9.78. The second kappa shape index (κ2) is 13.1. The number of hydrogen-bond acceptors (Lipinski definition) is 3. The highest BCUT2D eigenvalue weighted by Crippen LogP contribution is 2.34. The van der Waals surface area contributed by atoms with Gasteiger partial charge in [0.15, 0.2) is 0 Å². The van der Waals surface area contributed by atoms with E-state index in [9.17, 15) is 0 Å². The molecule has 31 heavy (non-hydrogen) atoms. The van der Waals surface area contributed by atoms with E-state index in [2.05, 4.69) is 23.8 Å². The molecule has 0 unspecified atom stereocenters. The summed E-state index contributed by atoms with van der Waals surface area (Å²) in [5, 5.41) is 0.642. The van der Waals surface area contributed by atoms with Crippen molar-refractivity contribution >= 4 is 11.6 Å². The number of hydrogen-bond donors (Lipinski definition) is 0. The van der Waals surface area contributed by atoms with Crippen molar-refractivity contribution in [1.82, 2.24) is 9.97 Å². The Hall–Kier alpha value is -1.61. The van der Waals surface area contributed by atoms with Gasteiger partial charge in [0.1, 0.15) is 11.6 Å². The van der Waals surface area contributed by atoms with Crippen LogP contribution in [0, 0.1) is 11.8 Å². The molecule has 0 atom stereocenters. The summed E-state index contributed by atoms with van der Waals surface area (Å²) < 4.78 is 5.74. The molecule has 0 spiro atoms. The number of aryl methyl sites for hydroxylation is 1. The number of nitrogens with zero attached hydrogens (tertiary/aromatic N) is 2. The van der Waals surface area contributed by atoms with Crippen LogP contribution in [0.25, 0.3) is 11.1 Å². The molecule has 1 fully saturated rings. The molecule has 4 heteroatoms. The van der Waals surface area contributed by atoms with E-state index in [1.54, 1.807) is 0 Å². The maximum atomic E-state index is 6.41. The average molecular weight is 443 g/mol. The molecule has 0 aliphatic heterocycles. The van der Waals surface area contributed by atoms with Crippen LogP contribution in [0.2, 0.25) is 5.02 Å². The Morgan fingerprint density at radius 2 is 1.55 bits per heavy atom. The first-order chi connectivity index (χ1) is 15.2. The zero-order valence-electron chi connectivity index (χ0n) is 19.4. The maximum absolute atomic E-state index is 6.41. The van der Waals surface area contributed by atoms with E-state index in [-0.39, 0.29) is 0 Å². The van der Waals surface area contributed by atoms with Crippen molar-refractivity contribution in [2.24, 2.45) is 11.8 Å². The summed E-state index contributed by atoms with van der Waals surface area (Å²) in [6.45, 7) is 5.15. The fourth-order valence-corrected chi connectivity index (χ4v) is 4.82. The van der Waals surface area contributed by atoms with Gasteiger partial charge in [-0.25, -0.2) is 9.97 Å². The van der Waals surface area contributed by atoms with Crippen molar-refractivity contribution in [3.05, 3.63) is 41.4 Å². The Balaban J connectivity index is 1.45. The Morgan fingerprint density at radius 3 is 2.19 bits per heavy atom. The molecule has 1 aliphatic carbocycles. The standard InChI is InChI=1S/C27H39ClN2O/c1-3-5-7-8-21-9-11-22(12-10-21)13-16-27-29-19-24(20-30-27)23-14-15-26(25(28)18-23)31-17-6-4-2/h14-15,18-22H,3-13,16-17H2,1-2H3. The topological polar surface area (TPSA) is 35.0 Å². The Bertz CT molecular complexity index is 769. The first-order valence-corrected chi connectivity index (χ1v) is 12.8. The van der Waals surface area contributed by atoms with E-state index < -0.39 is 0 Å². The number of unbranched alkanes of at least 4 members (excludes halogenated alkanes) is 3. The van der Waals surface area contributed by atoms with E-state index in [4.69, 9.17) is 16.3 Å². The van der Waals surface area contributed by atoms with Crippen molar-refractivity contribution < 1.29 is 4.74 Å². The van der Waals surface area contributed by atoms with Gasteiger partial charge in [-0.15, -0.1) is 0 Å². The number of halogens is 1. The van der Waals surface area contributed by atoms with E-state index in [0.717, 1.165) is 53.8 Å². The van der Waals surface area contributed by atoms with Gasteiger partial charge in [-0.2, -0.15) is 0 Å². The highest BCUT2D eigenvalue weighted by atomic mass is 35.5. The normalized spacial score (nSPS) is 18.8. The van der Waals surface area contributed by atoms with E-state index in [0.29, 0.717) is 11.6 Å². The maximum Gasteiger partial charge on any atom is 0.137 e. The van der Waals surface area contributed by atoms with Crippen LogP contribution in [0.15, 0.2) is 30.6 Å². The van der Waals surface area contributed by atoms with Crippen LogP contribution in [0.4, 0.5) is 0 Å². The third-order valence-electron chi connectivity index (χ3n) is 6.68. The zero-order valence-corrected chi connectivity index (χ0v) is 20.2. The fraction of sp³-hybridized carbons (Fsp3) is 0.630. The molecule has 1 heterocycles. The van der Waals surface area contributed by atoms with Crippen molar-refractivity contribution in [1.29, 1.82) is 0 Å². The quantitative estimate of drug-likeness (QED) is 0.310. The molecule has 0 saturated heterocycles. The largest absolute Gasteiger partial charge is 0.492 e. The Morgan fingerprint density at radius 1 is 0.871 bits per heavy atom. The molecular weight excluding hydrogens is 404 g/mol. The van der Waals surface area contributed by atoms with Crippen LogP contribution in [0.3, 0.4) is 0 Å². The summed E-state index contributed by atoms with van der Waals surface area (Å²) >= 11 is 6.41. The van der Waals surface area contributed by atoms with Gasteiger partial charge in [-0.3, -0.25) is 0 Å². The molecule has 1 aromatic heterocycles. The number of aromatic nitrogens is 2. The summed E-state index contributed by atoms with van der Waals surface area (Å²) in [5.41, 5.74) is 2.03. The monoisotopic (exact) mass is 442 g/mol. The van der Waals surface area contributed by atoms with Crippen LogP contribution in [0.1, 0.15) is 90.3 Å². The second-order valence-electron chi connectivity index (χ2n) is 9.16. The van der Waals surface area contributed by atoms with Crippen molar-refractivity contribution in [3.63, 3.8) is 0 Å². The third kappa shape index (κ3) is 7.79. The molecule has 3 nitrogen and oxygen atoms in total. The minimum absolute atomic E-state index is 0.642. The molecule has 0 radical (unpaired) electrons. The van der Waals surface area contributed by atoms with Gasteiger partial charge < -0.3 is 4.74 Å². The van der Waals surface area contributed by atoms with Gasteiger partial charge in [0, 0.05) is 24.4 Å².